The maximum absolute atomic E-state index is 13.4. The molecule has 4 rings (SSSR count). The summed E-state index contributed by atoms with van der Waals surface area (Å²) in [6.45, 7) is 2.59. The van der Waals surface area contributed by atoms with Gasteiger partial charge in [0.05, 0.1) is 17.0 Å². The standard InChI is InChI=1S/C25H25FN2O3S/c1-16-12-22(27-24(29)18-7-4-8-19(26)15-18)32-23(16)25(30)28-11-5-9-20(28)13-17-6-3-10-21(14-17)31-2/h3-4,6-8,10,12,14-15,20H,5,9,11,13H2,1-2H3,(H,27,29). The van der Waals surface area contributed by atoms with Crippen LogP contribution in [0.4, 0.5) is 9.39 Å². The molecule has 0 radical (unpaired) electrons. The summed E-state index contributed by atoms with van der Waals surface area (Å²) < 4.78 is 18.7. The number of halogens is 1. The van der Waals surface area contributed by atoms with Gasteiger partial charge in [-0.3, -0.25) is 9.59 Å². The molecule has 0 spiro atoms. The van der Waals surface area contributed by atoms with Crippen molar-refractivity contribution in [2.75, 3.05) is 19.0 Å². The number of rotatable bonds is 6. The zero-order chi connectivity index (χ0) is 22.7. The molecule has 7 heteroatoms. The molecule has 1 fully saturated rings. The molecule has 1 unspecified atom stereocenters. The molecule has 0 bridgehead atoms. The van der Waals surface area contributed by atoms with Gasteiger partial charge in [0.1, 0.15) is 11.6 Å². The molecule has 32 heavy (non-hydrogen) atoms. The highest BCUT2D eigenvalue weighted by Crippen LogP contribution is 2.31. The van der Waals surface area contributed by atoms with Crippen LogP contribution in [0, 0.1) is 12.7 Å². The Kier molecular flexibility index (Phi) is 6.55. The Morgan fingerprint density at radius 1 is 1.19 bits per heavy atom. The number of nitrogens with one attached hydrogen (secondary N) is 1. The first-order chi connectivity index (χ1) is 15.4. The monoisotopic (exact) mass is 452 g/mol. The zero-order valence-electron chi connectivity index (χ0n) is 18.1. The fourth-order valence-corrected chi connectivity index (χ4v) is 5.11. The molecule has 1 saturated heterocycles. The lowest BCUT2D eigenvalue weighted by Crippen LogP contribution is -2.36. The van der Waals surface area contributed by atoms with Crippen LogP contribution in [0.2, 0.25) is 0 Å². The number of anilines is 1. The number of benzene rings is 2. The molecule has 3 aromatic rings. The van der Waals surface area contributed by atoms with E-state index in [9.17, 15) is 14.0 Å². The van der Waals surface area contributed by atoms with E-state index in [1.54, 1.807) is 19.2 Å². The summed E-state index contributed by atoms with van der Waals surface area (Å²) in [4.78, 5) is 28.4. The number of carbonyl (C=O) groups excluding carboxylic acids is 2. The highest BCUT2D eigenvalue weighted by Gasteiger charge is 2.31. The topological polar surface area (TPSA) is 58.6 Å². The van der Waals surface area contributed by atoms with E-state index in [2.05, 4.69) is 11.4 Å². The average Bonchev–Trinajstić information content (AvgIpc) is 3.39. The molecular formula is C25H25FN2O3S. The van der Waals surface area contributed by atoms with Gasteiger partial charge in [-0.05, 0) is 73.7 Å². The van der Waals surface area contributed by atoms with Gasteiger partial charge in [0.15, 0.2) is 0 Å². The number of aryl methyl sites for hydroxylation is 1. The first-order valence-electron chi connectivity index (χ1n) is 10.6. The molecule has 1 aromatic heterocycles. The highest BCUT2D eigenvalue weighted by atomic mass is 32.1. The van der Waals surface area contributed by atoms with E-state index in [0.717, 1.165) is 42.7 Å². The molecule has 166 valence electrons. The Morgan fingerprint density at radius 3 is 2.78 bits per heavy atom. The van der Waals surface area contributed by atoms with E-state index in [-0.39, 0.29) is 17.5 Å². The van der Waals surface area contributed by atoms with E-state index in [0.29, 0.717) is 9.88 Å². The van der Waals surface area contributed by atoms with E-state index in [1.165, 1.54) is 29.5 Å². The number of amides is 2. The van der Waals surface area contributed by atoms with Crippen LogP contribution in [-0.2, 0) is 6.42 Å². The summed E-state index contributed by atoms with van der Waals surface area (Å²) in [5, 5.41) is 3.36. The predicted octanol–water partition coefficient (Wildman–Crippen LogP) is 5.30. The van der Waals surface area contributed by atoms with Crippen LogP contribution in [-0.4, -0.2) is 36.4 Å². The average molecular weight is 453 g/mol. The number of hydrogen-bond acceptors (Lipinski definition) is 4. The molecule has 1 N–H and O–H groups in total. The quantitative estimate of drug-likeness (QED) is 0.552. The Balaban J connectivity index is 1.47. The first-order valence-corrected chi connectivity index (χ1v) is 11.4. The molecular weight excluding hydrogens is 427 g/mol. The number of nitrogens with zero attached hydrogens (tertiary/aromatic N) is 1. The minimum Gasteiger partial charge on any atom is -0.497 e. The van der Waals surface area contributed by atoms with Crippen LogP contribution >= 0.6 is 11.3 Å². The molecule has 2 aromatic carbocycles. The summed E-state index contributed by atoms with van der Waals surface area (Å²) in [5.41, 5.74) is 2.20. The van der Waals surface area contributed by atoms with E-state index in [4.69, 9.17) is 4.74 Å². The van der Waals surface area contributed by atoms with Crippen LogP contribution in [0.3, 0.4) is 0 Å². The van der Waals surface area contributed by atoms with Gasteiger partial charge in [-0.2, -0.15) is 0 Å². The van der Waals surface area contributed by atoms with Crippen molar-refractivity contribution in [2.24, 2.45) is 0 Å². The van der Waals surface area contributed by atoms with Gasteiger partial charge >= 0.3 is 0 Å². The van der Waals surface area contributed by atoms with Gasteiger partial charge in [0.2, 0.25) is 0 Å². The Bertz CT molecular complexity index is 1140. The summed E-state index contributed by atoms with van der Waals surface area (Å²) in [7, 11) is 1.65. The number of likely N-dealkylation sites (tertiary alicyclic amines) is 1. The van der Waals surface area contributed by atoms with E-state index in [1.807, 2.05) is 30.0 Å². The van der Waals surface area contributed by atoms with Crippen molar-refractivity contribution in [2.45, 2.75) is 32.2 Å². The number of ether oxygens (including phenoxy) is 1. The Hall–Kier alpha value is -3.19. The number of methoxy groups -OCH3 is 1. The second-order valence-electron chi connectivity index (χ2n) is 7.94. The van der Waals surface area contributed by atoms with Crippen LogP contribution < -0.4 is 10.1 Å². The summed E-state index contributed by atoms with van der Waals surface area (Å²) in [6, 6.07) is 15.4. The van der Waals surface area contributed by atoms with Gasteiger partial charge in [0, 0.05) is 18.2 Å². The van der Waals surface area contributed by atoms with Crippen molar-refractivity contribution < 1.29 is 18.7 Å². The van der Waals surface area contributed by atoms with Crippen molar-refractivity contribution >= 4 is 28.2 Å². The molecule has 0 saturated carbocycles. The Labute approximate surface area is 190 Å². The zero-order valence-corrected chi connectivity index (χ0v) is 18.9. The fraction of sp³-hybridized carbons (Fsp3) is 0.280. The lowest BCUT2D eigenvalue weighted by Gasteiger charge is -2.25. The van der Waals surface area contributed by atoms with Crippen LogP contribution in [0.25, 0.3) is 0 Å². The van der Waals surface area contributed by atoms with Crippen LogP contribution in [0.15, 0.2) is 54.6 Å². The normalized spacial score (nSPS) is 15.6. The van der Waals surface area contributed by atoms with Gasteiger partial charge in [-0.1, -0.05) is 18.2 Å². The van der Waals surface area contributed by atoms with Crippen LogP contribution in [0.5, 0.6) is 5.75 Å². The Morgan fingerprint density at radius 2 is 2.00 bits per heavy atom. The lowest BCUT2D eigenvalue weighted by atomic mass is 10.0. The van der Waals surface area contributed by atoms with Gasteiger partial charge in [0.25, 0.3) is 11.8 Å². The van der Waals surface area contributed by atoms with Crippen molar-refractivity contribution in [3.05, 3.63) is 82.0 Å². The van der Waals surface area contributed by atoms with Crippen LogP contribution in [0.1, 0.15) is 44.0 Å². The summed E-state index contributed by atoms with van der Waals surface area (Å²) >= 11 is 1.26. The van der Waals surface area contributed by atoms with Crippen molar-refractivity contribution in [1.29, 1.82) is 0 Å². The van der Waals surface area contributed by atoms with Gasteiger partial charge in [-0.25, -0.2) is 4.39 Å². The number of thiophene rings is 1. The first kappa shape index (κ1) is 22.0. The highest BCUT2D eigenvalue weighted by molar-refractivity contribution is 7.18. The second kappa shape index (κ2) is 9.53. The minimum atomic E-state index is -0.466. The van der Waals surface area contributed by atoms with Crippen molar-refractivity contribution in [3.8, 4) is 5.75 Å². The molecule has 2 heterocycles. The number of hydrogen-bond donors (Lipinski definition) is 1. The molecule has 2 amide bonds. The fourth-order valence-electron chi connectivity index (χ4n) is 4.09. The molecule has 1 aliphatic rings. The maximum atomic E-state index is 13.4. The number of carbonyl (C=O) groups is 2. The third-order valence-corrected chi connectivity index (χ3v) is 6.82. The molecule has 1 aliphatic heterocycles. The molecule has 5 nitrogen and oxygen atoms in total. The third-order valence-electron chi connectivity index (χ3n) is 5.68. The lowest BCUT2D eigenvalue weighted by molar-refractivity contribution is 0.0740. The van der Waals surface area contributed by atoms with Gasteiger partial charge < -0.3 is 15.0 Å². The predicted molar refractivity (Wildman–Crippen MR) is 124 cm³/mol. The summed E-state index contributed by atoms with van der Waals surface area (Å²) in [5.74, 6) is -0.0656. The maximum Gasteiger partial charge on any atom is 0.264 e. The smallest absolute Gasteiger partial charge is 0.264 e. The van der Waals surface area contributed by atoms with Gasteiger partial charge in [-0.15, -0.1) is 11.3 Å². The van der Waals surface area contributed by atoms with Crippen molar-refractivity contribution in [3.63, 3.8) is 0 Å². The molecule has 1 atom stereocenters. The van der Waals surface area contributed by atoms with Crippen molar-refractivity contribution in [1.82, 2.24) is 4.90 Å². The third kappa shape index (κ3) is 4.83. The SMILES string of the molecule is COc1cccc(CC2CCCN2C(=O)c2sc(NC(=O)c3cccc(F)c3)cc2C)c1. The largest absolute Gasteiger partial charge is 0.497 e. The minimum absolute atomic E-state index is 0.0100. The van der Waals surface area contributed by atoms with E-state index < -0.39 is 11.7 Å². The molecule has 0 aliphatic carbocycles. The van der Waals surface area contributed by atoms with E-state index >= 15 is 0 Å². The second-order valence-corrected chi connectivity index (χ2v) is 8.99. The summed E-state index contributed by atoms with van der Waals surface area (Å²) in [6.07, 6.45) is 2.70.